The van der Waals surface area contributed by atoms with E-state index in [-0.39, 0.29) is 33.7 Å². The highest BCUT2D eigenvalue weighted by atomic mass is 79.9. The molecule has 0 saturated heterocycles. The Kier molecular flexibility index (Phi) is 7.51. The number of esters is 3. The highest BCUT2D eigenvalue weighted by Crippen LogP contribution is 2.76. The molecule has 0 amide bonds. The molecule has 5 aliphatic carbocycles. The quantitative estimate of drug-likeness (QED) is 0.236. The van der Waals surface area contributed by atoms with E-state index in [1.165, 1.54) is 65.7 Å². The number of rotatable bonds is 3. The van der Waals surface area contributed by atoms with E-state index in [4.69, 9.17) is 14.2 Å². The molecule has 6 rings (SSSR count). The molecule has 4 saturated carbocycles. The standard InChI is InChI=1S/C37H51BrO6/c1-20(39)42-30-23-19-27-36(8)17-12-25-34(6)15-10-14-33(4,5)24(34)11-16-35(25,7)26(36)13-18-37(27,9)28(23)31(43-21(2)40)32(29(30)38)44-22(3)41/h24-27H,10-19H2,1-9H3/t24?,25?,26?,27-,34-,35+,36-,37-/m0/s1. The van der Waals surface area contributed by atoms with Crippen molar-refractivity contribution in [3.05, 3.63) is 15.6 Å². The van der Waals surface area contributed by atoms with Gasteiger partial charge in [-0.15, -0.1) is 0 Å². The maximum atomic E-state index is 12.5. The molecule has 7 heteroatoms. The molecule has 44 heavy (non-hydrogen) atoms. The number of hydrogen-bond acceptors (Lipinski definition) is 6. The van der Waals surface area contributed by atoms with Crippen LogP contribution in [0.25, 0.3) is 0 Å². The molecule has 3 unspecified atom stereocenters. The summed E-state index contributed by atoms with van der Waals surface area (Å²) in [5.74, 6) is 1.66. The molecule has 0 spiro atoms. The summed E-state index contributed by atoms with van der Waals surface area (Å²) in [6.45, 7) is 19.2. The van der Waals surface area contributed by atoms with E-state index in [9.17, 15) is 14.4 Å². The Bertz CT molecular complexity index is 1430. The fraction of sp³-hybridized carbons (Fsp3) is 0.757. The summed E-state index contributed by atoms with van der Waals surface area (Å²) in [6, 6.07) is 0. The van der Waals surface area contributed by atoms with Gasteiger partial charge in [-0.3, -0.25) is 14.4 Å². The first-order valence-corrected chi connectivity index (χ1v) is 17.6. The number of hydrogen-bond donors (Lipinski definition) is 0. The van der Waals surface area contributed by atoms with Crippen molar-refractivity contribution in [3.63, 3.8) is 0 Å². The number of carbonyl (C=O) groups excluding carboxylic acids is 3. The topological polar surface area (TPSA) is 78.9 Å². The van der Waals surface area contributed by atoms with Gasteiger partial charge in [-0.05, 0) is 119 Å². The summed E-state index contributed by atoms with van der Waals surface area (Å²) in [4.78, 5) is 37.2. The molecule has 0 bridgehead atoms. The van der Waals surface area contributed by atoms with Crippen LogP contribution in [0.3, 0.4) is 0 Å². The van der Waals surface area contributed by atoms with E-state index in [2.05, 4.69) is 57.5 Å². The van der Waals surface area contributed by atoms with Crippen LogP contribution in [-0.4, -0.2) is 17.9 Å². The second-order valence-corrected chi connectivity index (χ2v) is 17.5. The summed E-state index contributed by atoms with van der Waals surface area (Å²) in [6.07, 6.45) is 11.8. The Morgan fingerprint density at radius 3 is 1.68 bits per heavy atom. The van der Waals surface area contributed by atoms with Gasteiger partial charge in [-0.2, -0.15) is 0 Å². The average molecular weight is 672 g/mol. The van der Waals surface area contributed by atoms with Gasteiger partial charge in [0.15, 0.2) is 17.2 Å². The van der Waals surface area contributed by atoms with Crippen LogP contribution in [0.4, 0.5) is 0 Å². The summed E-state index contributed by atoms with van der Waals surface area (Å²) in [5.41, 5.74) is 2.52. The van der Waals surface area contributed by atoms with Crippen molar-refractivity contribution in [2.45, 2.75) is 132 Å². The predicted octanol–water partition coefficient (Wildman–Crippen LogP) is 9.11. The zero-order chi connectivity index (χ0) is 32.2. The molecule has 0 heterocycles. The Hall–Kier alpha value is -1.89. The van der Waals surface area contributed by atoms with Gasteiger partial charge in [0, 0.05) is 37.3 Å². The number of benzene rings is 1. The fourth-order valence-corrected chi connectivity index (χ4v) is 13.3. The van der Waals surface area contributed by atoms with Crippen LogP contribution in [0, 0.1) is 45.3 Å². The molecule has 0 aromatic heterocycles. The molecule has 0 radical (unpaired) electrons. The number of carbonyl (C=O) groups is 3. The normalized spacial score (nSPS) is 40.0. The molecule has 8 atom stereocenters. The minimum Gasteiger partial charge on any atom is -0.425 e. The molecule has 6 nitrogen and oxygen atoms in total. The van der Waals surface area contributed by atoms with Crippen LogP contribution in [0.1, 0.15) is 131 Å². The van der Waals surface area contributed by atoms with Crippen molar-refractivity contribution in [1.29, 1.82) is 0 Å². The van der Waals surface area contributed by atoms with Crippen molar-refractivity contribution >= 4 is 33.8 Å². The highest BCUT2D eigenvalue weighted by Gasteiger charge is 2.69. The Morgan fingerprint density at radius 2 is 1.09 bits per heavy atom. The molecular formula is C37H51BrO6. The summed E-state index contributed by atoms with van der Waals surface area (Å²) in [5, 5.41) is 0. The molecule has 5 aliphatic rings. The lowest BCUT2D eigenvalue weighted by molar-refractivity contribution is -0.216. The maximum absolute atomic E-state index is 12.5. The van der Waals surface area contributed by atoms with E-state index >= 15 is 0 Å². The minimum absolute atomic E-state index is 0.0553. The molecule has 1 aromatic carbocycles. The number of halogens is 1. The maximum Gasteiger partial charge on any atom is 0.308 e. The van der Waals surface area contributed by atoms with E-state index < -0.39 is 17.9 Å². The van der Waals surface area contributed by atoms with Crippen LogP contribution in [-0.2, 0) is 26.2 Å². The zero-order valence-electron chi connectivity index (χ0n) is 28.2. The lowest BCUT2D eigenvalue weighted by Gasteiger charge is -2.71. The van der Waals surface area contributed by atoms with E-state index in [0.29, 0.717) is 27.0 Å². The Morgan fingerprint density at radius 1 is 0.614 bits per heavy atom. The third-order valence-electron chi connectivity index (χ3n) is 14.0. The third-order valence-corrected chi connectivity index (χ3v) is 14.8. The van der Waals surface area contributed by atoms with E-state index in [1.54, 1.807) is 0 Å². The van der Waals surface area contributed by atoms with Gasteiger partial charge in [0.1, 0.15) is 4.47 Å². The van der Waals surface area contributed by atoms with Crippen molar-refractivity contribution in [1.82, 2.24) is 0 Å². The largest absolute Gasteiger partial charge is 0.425 e. The van der Waals surface area contributed by atoms with Crippen LogP contribution in [0.5, 0.6) is 17.2 Å². The molecule has 0 N–H and O–H groups in total. The average Bonchev–Trinajstić information content (AvgIpc) is 3.21. The molecule has 242 valence electrons. The van der Waals surface area contributed by atoms with Crippen molar-refractivity contribution in [2.24, 2.45) is 45.3 Å². The van der Waals surface area contributed by atoms with Crippen LogP contribution >= 0.6 is 15.9 Å². The number of ether oxygens (including phenoxy) is 3. The van der Waals surface area contributed by atoms with Gasteiger partial charge in [-0.1, -0.05) is 48.0 Å². The van der Waals surface area contributed by atoms with Gasteiger partial charge in [0.2, 0.25) is 0 Å². The summed E-state index contributed by atoms with van der Waals surface area (Å²) >= 11 is 3.59. The first kappa shape index (κ1) is 32.1. The Labute approximate surface area is 271 Å². The summed E-state index contributed by atoms with van der Waals surface area (Å²) < 4.78 is 17.8. The molecule has 4 fully saturated rings. The van der Waals surface area contributed by atoms with Gasteiger partial charge >= 0.3 is 17.9 Å². The van der Waals surface area contributed by atoms with E-state index in [1.807, 2.05) is 0 Å². The van der Waals surface area contributed by atoms with Crippen LogP contribution < -0.4 is 14.2 Å². The van der Waals surface area contributed by atoms with Gasteiger partial charge < -0.3 is 14.2 Å². The SMILES string of the molecule is CC(=O)Oc1c(Br)c(OC(C)=O)c(OC(C)=O)c2c1C[C@H]1[C@@]3(C)CCC4[C@@]5(C)CCCC(C)(C)C5CC[C@@]4(C)C3CC[C@]21C. The zero-order valence-corrected chi connectivity index (χ0v) is 29.8. The lowest BCUT2D eigenvalue weighted by Crippen LogP contribution is -2.64. The Balaban J connectivity index is 1.47. The monoisotopic (exact) mass is 670 g/mol. The van der Waals surface area contributed by atoms with Crippen LogP contribution in [0.2, 0.25) is 0 Å². The minimum atomic E-state index is -0.538. The van der Waals surface area contributed by atoms with E-state index in [0.717, 1.165) is 42.2 Å². The second-order valence-electron chi connectivity index (χ2n) is 16.7. The molecular weight excluding hydrogens is 620 g/mol. The smallest absolute Gasteiger partial charge is 0.308 e. The molecule has 1 aromatic rings. The highest BCUT2D eigenvalue weighted by molar-refractivity contribution is 9.10. The molecule has 0 aliphatic heterocycles. The fourth-order valence-electron chi connectivity index (χ4n) is 12.8. The first-order chi connectivity index (χ1) is 20.4. The summed E-state index contributed by atoms with van der Waals surface area (Å²) in [7, 11) is 0. The number of fused-ring (bicyclic) bond motifs is 9. The first-order valence-electron chi connectivity index (χ1n) is 16.8. The van der Waals surface area contributed by atoms with Crippen molar-refractivity contribution < 1.29 is 28.6 Å². The van der Waals surface area contributed by atoms with Gasteiger partial charge in [0.25, 0.3) is 0 Å². The van der Waals surface area contributed by atoms with Gasteiger partial charge in [0.05, 0.1) is 0 Å². The van der Waals surface area contributed by atoms with Crippen molar-refractivity contribution in [2.75, 3.05) is 0 Å². The lowest BCUT2D eigenvalue weighted by atomic mass is 9.34. The van der Waals surface area contributed by atoms with Crippen molar-refractivity contribution in [3.8, 4) is 17.2 Å². The predicted molar refractivity (Wildman–Crippen MR) is 173 cm³/mol. The third kappa shape index (κ3) is 4.40. The van der Waals surface area contributed by atoms with Crippen LogP contribution in [0.15, 0.2) is 4.47 Å². The second kappa shape index (κ2) is 10.3. The van der Waals surface area contributed by atoms with Gasteiger partial charge in [-0.25, -0.2) is 0 Å².